The largest absolute Gasteiger partial charge is 0.453 e. The Morgan fingerprint density at radius 1 is 1.06 bits per heavy atom. The van der Waals surface area contributed by atoms with Gasteiger partial charge in [-0.15, -0.1) is 6.42 Å². The fourth-order valence-electron chi connectivity index (χ4n) is 5.62. The van der Waals surface area contributed by atoms with Gasteiger partial charge in [-0.25, -0.2) is 26.7 Å². The van der Waals surface area contributed by atoms with E-state index in [9.17, 15) is 35.6 Å². The third-order valence-corrected chi connectivity index (χ3v) is 9.58. The van der Waals surface area contributed by atoms with Crippen molar-refractivity contribution in [2.24, 2.45) is 0 Å². The van der Waals surface area contributed by atoms with Crippen LogP contribution in [0.3, 0.4) is 0 Å². The number of terminal acetylenes is 1. The van der Waals surface area contributed by atoms with E-state index < -0.39 is 63.4 Å². The molecular formula is C34H35F5N4O5S. The van der Waals surface area contributed by atoms with Gasteiger partial charge in [-0.2, -0.15) is 13.2 Å². The molecule has 4 atom stereocenters. The van der Waals surface area contributed by atoms with Crippen LogP contribution in [0.1, 0.15) is 47.4 Å². The van der Waals surface area contributed by atoms with Gasteiger partial charge in [0.05, 0.1) is 24.5 Å². The zero-order chi connectivity index (χ0) is 35.8. The summed E-state index contributed by atoms with van der Waals surface area (Å²) >= 11 is 0. The van der Waals surface area contributed by atoms with Crippen LogP contribution in [-0.2, 0) is 32.2 Å². The maximum absolute atomic E-state index is 15.3. The van der Waals surface area contributed by atoms with E-state index in [1.807, 2.05) is 0 Å². The summed E-state index contributed by atoms with van der Waals surface area (Å²) in [6, 6.07) is 9.95. The smallest absolute Gasteiger partial charge is 0.416 e. The molecule has 9 nitrogen and oxygen atoms in total. The van der Waals surface area contributed by atoms with Crippen molar-refractivity contribution in [3.8, 4) is 12.3 Å². The van der Waals surface area contributed by atoms with Gasteiger partial charge >= 0.3 is 12.3 Å². The molecule has 1 aliphatic heterocycles. The first-order valence-electron chi connectivity index (χ1n) is 15.3. The quantitative estimate of drug-likeness (QED) is 0.182. The molecule has 0 aliphatic carbocycles. The van der Waals surface area contributed by atoms with Crippen LogP contribution in [0.15, 0.2) is 66.7 Å². The number of alkyl halides is 3. The van der Waals surface area contributed by atoms with E-state index in [-0.39, 0.29) is 53.6 Å². The Labute approximate surface area is 281 Å². The van der Waals surface area contributed by atoms with Crippen LogP contribution in [-0.4, -0.2) is 58.0 Å². The first kappa shape index (κ1) is 37.3. The molecule has 0 aromatic heterocycles. The number of halogens is 5. The number of anilines is 1. The van der Waals surface area contributed by atoms with Gasteiger partial charge in [0.1, 0.15) is 17.7 Å². The number of carbonyl (C=O) groups excluding carboxylic acids is 2. The molecule has 0 radical (unpaired) electrons. The lowest BCUT2D eigenvalue weighted by Crippen LogP contribution is -2.48. The van der Waals surface area contributed by atoms with Crippen LogP contribution >= 0.6 is 0 Å². The third kappa shape index (κ3) is 10.2. The highest BCUT2D eigenvalue weighted by Crippen LogP contribution is 2.35. The number of rotatable bonds is 9. The number of hydrogen-bond acceptors (Lipinski definition) is 6. The normalized spacial score (nSPS) is 19.2. The van der Waals surface area contributed by atoms with E-state index in [0.717, 1.165) is 43.5 Å². The number of amides is 2. The summed E-state index contributed by atoms with van der Waals surface area (Å²) in [5.41, 5.74) is -0.892. The molecule has 15 heteroatoms. The summed E-state index contributed by atoms with van der Waals surface area (Å²) in [5, 5.41) is 8.08. The van der Waals surface area contributed by atoms with Crippen molar-refractivity contribution in [2.45, 2.75) is 55.9 Å². The zero-order valence-electron chi connectivity index (χ0n) is 26.3. The van der Waals surface area contributed by atoms with Crippen LogP contribution in [0.5, 0.6) is 0 Å². The number of nitrogens with one attached hydrogen (secondary N) is 4. The van der Waals surface area contributed by atoms with Crippen molar-refractivity contribution < 1.29 is 44.7 Å². The fraction of sp³-hybridized carbons (Fsp3) is 0.353. The monoisotopic (exact) mass is 706 g/mol. The van der Waals surface area contributed by atoms with Crippen molar-refractivity contribution >= 4 is 27.7 Å². The number of benzene rings is 3. The average Bonchev–Trinajstić information content (AvgIpc) is 3.12. The van der Waals surface area contributed by atoms with Gasteiger partial charge in [0.25, 0.3) is 0 Å². The van der Waals surface area contributed by atoms with E-state index in [2.05, 4.69) is 26.6 Å². The Morgan fingerprint density at radius 2 is 1.78 bits per heavy atom. The summed E-state index contributed by atoms with van der Waals surface area (Å²) in [4.78, 5) is 26.5. The van der Waals surface area contributed by atoms with Gasteiger partial charge in [0, 0.05) is 29.8 Å². The van der Waals surface area contributed by atoms with Crippen LogP contribution in [0.2, 0.25) is 0 Å². The molecule has 3 aromatic carbocycles. The van der Waals surface area contributed by atoms with Crippen molar-refractivity contribution in [1.82, 2.24) is 15.4 Å². The molecule has 1 heterocycles. The van der Waals surface area contributed by atoms with Crippen LogP contribution in [0.4, 0.5) is 32.4 Å². The molecule has 49 heavy (non-hydrogen) atoms. The molecule has 2 unspecified atom stereocenters. The molecule has 3 aromatic rings. The van der Waals surface area contributed by atoms with Gasteiger partial charge in [-0.05, 0) is 67.1 Å². The van der Waals surface area contributed by atoms with Crippen LogP contribution in [0, 0.1) is 24.0 Å². The number of carbonyl (C=O) groups is 2. The Kier molecular flexibility index (Phi) is 12.4. The minimum Gasteiger partial charge on any atom is -0.453 e. The van der Waals surface area contributed by atoms with Gasteiger partial charge in [0.15, 0.2) is 0 Å². The van der Waals surface area contributed by atoms with E-state index in [1.165, 1.54) is 30.3 Å². The Balaban J connectivity index is 1.69. The topological polar surface area (TPSA) is 126 Å². The SMILES string of the molecule is C#CC1CCCS(=O)(=O)NC(CCc2c(F)cccc2NC(=O)[C@@H](NC(=O)OC)[C@@H](c2ccc(F)cc2)c2cccc(C(F)(F)F)c2)CN1. The lowest BCUT2D eigenvalue weighted by molar-refractivity contribution is -0.137. The summed E-state index contributed by atoms with van der Waals surface area (Å²) in [5.74, 6) is -1.18. The van der Waals surface area contributed by atoms with Crippen LogP contribution in [0.25, 0.3) is 0 Å². The fourth-order valence-corrected chi connectivity index (χ4v) is 7.00. The third-order valence-electron chi connectivity index (χ3n) is 8.06. The molecular weight excluding hydrogens is 671 g/mol. The van der Waals surface area contributed by atoms with Crippen molar-refractivity contribution in [3.05, 3.63) is 101 Å². The lowest BCUT2D eigenvalue weighted by Gasteiger charge is -2.29. The highest BCUT2D eigenvalue weighted by Gasteiger charge is 2.36. The molecule has 0 spiro atoms. The summed E-state index contributed by atoms with van der Waals surface area (Å²) < 4.78 is 103. The molecule has 1 saturated heterocycles. The van der Waals surface area contributed by atoms with Gasteiger partial charge in [-0.1, -0.05) is 42.3 Å². The second kappa shape index (κ2) is 16.3. The molecule has 1 fully saturated rings. The Bertz CT molecular complexity index is 1780. The second-order valence-corrected chi connectivity index (χ2v) is 13.3. The standard InChI is InChI=1S/C34H35F5N4O5S/c1-3-25-9-6-18-49(46,47)43-26(20-40-25)16-17-27-28(36)10-5-11-29(27)41-32(44)31(42-33(45)48-2)30(21-12-14-24(35)15-13-21)22-7-4-8-23(19-22)34(37,38)39/h1,4-5,7-8,10-15,19,25-26,30-31,40,43H,6,9,16-18,20H2,2H3,(H,41,44)(H,42,45)/t25?,26?,30-,31-/m0/s1. The van der Waals surface area contributed by atoms with Crippen molar-refractivity contribution in [1.29, 1.82) is 0 Å². The minimum absolute atomic E-state index is 0.0117. The maximum atomic E-state index is 15.3. The molecule has 4 N–H and O–H groups in total. The van der Waals surface area contributed by atoms with E-state index in [0.29, 0.717) is 12.8 Å². The van der Waals surface area contributed by atoms with Crippen molar-refractivity contribution in [2.75, 3.05) is 24.7 Å². The summed E-state index contributed by atoms with van der Waals surface area (Å²) in [7, 11) is -2.63. The first-order valence-corrected chi connectivity index (χ1v) is 16.9. The highest BCUT2D eigenvalue weighted by molar-refractivity contribution is 7.89. The predicted molar refractivity (Wildman–Crippen MR) is 173 cm³/mol. The van der Waals surface area contributed by atoms with E-state index in [4.69, 9.17) is 11.2 Å². The molecule has 2 amide bonds. The maximum Gasteiger partial charge on any atom is 0.416 e. The van der Waals surface area contributed by atoms with E-state index in [1.54, 1.807) is 0 Å². The molecule has 0 bridgehead atoms. The van der Waals surface area contributed by atoms with E-state index >= 15 is 4.39 Å². The number of methoxy groups -OCH3 is 1. The Morgan fingerprint density at radius 3 is 2.45 bits per heavy atom. The molecule has 262 valence electrons. The number of sulfonamides is 1. The number of ether oxygens (including phenoxy) is 1. The Hall–Kier alpha value is -4.52. The first-order chi connectivity index (χ1) is 23.2. The number of hydrogen-bond donors (Lipinski definition) is 4. The average molecular weight is 707 g/mol. The highest BCUT2D eigenvalue weighted by atomic mass is 32.2. The minimum atomic E-state index is -4.74. The van der Waals surface area contributed by atoms with Gasteiger partial charge in [0.2, 0.25) is 15.9 Å². The van der Waals surface area contributed by atoms with Crippen molar-refractivity contribution in [3.63, 3.8) is 0 Å². The number of alkyl carbamates (subject to hydrolysis) is 1. The molecule has 4 rings (SSSR count). The van der Waals surface area contributed by atoms with Crippen LogP contribution < -0.4 is 20.7 Å². The zero-order valence-corrected chi connectivity index (χ0v) is 27.1. The summed E-state index contributed by atoms with van der Waals surface area (Å²) in [6.07, 6.45) is 0.559. The predicted octanol–water partition coefficient (Wildman–Crippen LogP) is 5.08. The summed E-state index contributed by atoms with van der Waals surface area (Å²) in [6.45, 7) is 0.158. The van der Waals surface area contributed by atoms with Gasteiger partial charge in [-0.3, -0.25) is 4.79 Å². The molecule has 0 saturated carbocycles. The lowest BCUT2D eigenvalue weighted by atomic mass is 9.83. The molecule has 1 aliphatic rings. The second-order valence-electron chi connectivity index (χ2n) is 11.5. The van der Waals surface area contributed by atoms with Gasteiger partial charge < -0.3 is 20.7 Å².